The average molecular weight is 261 g/mol. The van der Waals surface area contributed by atoms with Gasteiger partial charge in [-0.2, -0.15) is 9.97 Å². The van der Waals surface area contributed by atoms with Crippen molar-refractivity contribution in [2.45, 2.75) is 0 Å². The molecule has 0 aromatic carbocycles. The van der Waals surface area contributed by atoms with E-state index in [1.807, 2.05) is 0 Å². The van der Waals surface area contributed by atoms with Crippen LogP contribution in [-0.4, -0.2) is 36.7 Å². The second-order valence-corrected chi connectivity index (χ2v) is 3.26. The molecule has 0 fully saturated rings. The number of hydrogen-bond donors (Lipinski definition) is 2. The normalized spacial score (nSPS) is 11.2. The van der Waals surface area contributed by atoms with Gasteiger partial charge in [-0.3, -0.25) is 0 Å². The van der Waals surface area contributed by atoms with Gasteiger partial charge in [-0.05, 0) is 0 Å². The molecule has 2 N–H and O–H groups in total. The van der Waals surface area contributed by atoms with Crippen molar-refractivity contribution in [1.29, 1.82) is 0 Å². The Hall–Kier alpha value is -1.40. The zero-order valence-electron chi connectivity index (χ0n) is 8.70. The van der Waals surface area contributed by atoms with E-state index in [2.05, 4.69) is 30.6 Å². The molecule has 0 amide bonds. The number of hydrogen-bond acceptors (Lipinski definition) is 4. The van der Waals surface area contributed by atoms with Crippen LogP contribution in [0.4, 0.5) is 11.6 Å². The summed E-state index contributed by atoms with van der Waals surface area (Å²) in [5, 5.41) is 5.72. The standard InChI is InChI=1S/C8H10Cl2N6/c1-11-3-13-5-6(9)15-8(14-4-12-2)16-7(5)10/h3-4H,1-2H3,(H,11,13)(H,12,14,15,16). The third kappa shape index (κ3) is 3.32. The van der Waals surface area contributed by atoms with Gasteiger partial charge in [0.1, 0.15) is 5.69 Å². The van der Waals surface area contributed by atoms with Gasteiger partial charge in [-0.1, -0.05) is 23.2 Å². The molecular weight excluding hydrogens is 251 g/mol. The summed E-state index contributed by atoms with van der Waals surface area (Å²) < 4.78 is 0. The number of aliphatic imine (C=N–C) groups is 2. The number of nitrogens with zero attached hydrogens (tertiary/aromatic N) is 4. The molecule has 86 valence electrons. The van der Waals surface area contributed by atoms with Gasteiger partial charge in [0.2, 0.25) is 0 Å². The minimum Gasteiger partial charge on any atom is -0.379 e. The van der Waals surface area contributed by atoms with Crippen molar-refractivity contribution < 1.29 is 0 Å². The average Bonchev–Trinajstić information content (AvgIpc) is 2.25. The fraction of sp³-hybridized carbons (Fsp3) is 0.250. The fourth-order valence-corrected chi connectivity index (χ4v) is 1.28. The second kappa shape index (κ2) is 6.24. The lowest BCUT2D eigenvalue weighted by atomic mass is 10.5. The molecule has 1 heterocycles. The highest BCUT2D eigenvalue weighted by Gasteiger charge is 2.09. The zero-order valence-corrected chi connectivity index (χ0v) is 10.2. The van der Waals surface area contributed by atoms with Gasteiger partial charge in [0.25, 0.3) is 5.95 Å². The molecule has 0 atom stereocenters. The Morgan fingerprint density at radius 3 is 2.00 bits per heavy atom. The van der Waals surface area contributed by atoms with Crippen LogP contribution in [0.15, 0.2) is 9.98 Å². The maximum absolute atomic E-state index is 5.88. The van der Waals surface area contributed by atoms with Crippen LogP contribution in [-0.2, 0) is 0 Å². The van der Waals surface area contributed by atoms with Gasteiger partial charge < -0.3 is 10.6 Å². The first-order valence-corrected chi connectivity index (χ1v) is 5.07. The zero-order chi connectivity index (χ0) is 12.0. The quantitative estimate of drug-likeness (QED) is 0.489. The number of rotatable bonds is 4. The SMILES string of the molecule is CNC=Nc1nc(Cl)c(N=CNC)c(Cl)n1. The predicted molar refractivity (Wildman–Crippen MR) is 66.5 cm³/mol. The summed E-state index contributed by atoms with van der Waals surface area (Å²) >= 11 is 11.8. The molecule has 0 spiro atoms. The largest absolute Gasteiger partial charge is 0.379 e. The van der Waals surface area contributed by atoms with Crippen LogP contribution in [0.2, 0.25) is 10.3 Å². The Balaban J connectivity index is 3.07. The van der Waals surface area contributed by atoms with Crippen molar-refractivity contribution in [1.82, 2.24) is 20.6 Å². The third-order valence-electron chi connectivity index (χ3n) is 1.42. The molecular formula is C8H10Cl2N6. The molecule has 1 rings (SSSR count). The van der Waals surface area contributed by atoms with Crippen LogP contribution in [0.1, 0.15) is 0 Å². The summed E-state index contributed by atoms with van der Waals surface area (Å²) in [6, 6.07) is 0. The lowest BCUT2D eigenvalue weighted by Gasteiger charge is -2.00. The molecule has 0 aliphatic rings. The molecule has 16 heavy (non-hydrogen) atoms. The number of aromatic nitrogens is 2. The lowest BCUT2D eigenvalue weighted by molar-refractivity contribution is 1.11. The highest BCUT2D eigenvalue weighted by molar-refractivity contribution is 6.37. The van der Waals surface area contributed by atoms with E-state index >= 15 is 0 Å². The van der Waals surface area contributed by atoms with E-state index < -0.39 is 0 Å². The van der Waals surface area contributed by atoms with Crippen molar-refractivity contribution in [3.05, 3.63) is 10.3 Å². The number of halogens is 2. The van der Waals surface area contributed by atoms with E-state index in [1.54, 1.807) is 14.1 Å². The van der Waals surface area contributed by atoms with Crippen molar-refractivity contribution in [2.75, 3.05) is 14.1 Å². The first kappa shape index (κ1) is 12.7. The molecule has 1 aromatic rings. The fourth-order valence-electron chi connectivity index (χ4n) is 0.807. The van der Waals surface area contributed by atoms with Gasteiger partial charge >= 0.3 is 0 Å². The maximum Gasteiger partial charge on any atom is 0.253 e. The highest BCUT2D eigenvalue weighted by atomic mass is 35.5. The summed E-state index contributed by atoms with van der Waals surface area (Å²) in [7, 11) is 3.41. The molecule has 0 radical (unpaired) electrons. The maximum atomic E-state index is 5.88. The Bertz CT molecular complexity index is 394. The highest BCUT2D eigenvalue weighted by Crippen LogP contribution is 2.31. The van der Waals surface area contributed by atoms with Crippen molar-refractivity contribution in [3.8, 4) is 0 Å². The summed E-state index contributed by atoms with van der Waals surface area (Å²) in [4.78, 5) is 15.7. The summed E-state index contributed by atoms with van der Waals surface area (Å²) in [6.45, 7) is 0. The first-order chi connectivity index (χ1) is 7.69. The third-order valence-corrected chi connectivity index (χ3v) is 1.95. The minimum atomic E-state index is 0.148. The van der Waals surface area contributed by atoms with Gasteiger partial charge in [0.05, 0.1) is 12.7 Å². The van der Waals surface area contributed by atoms with Crippen LogP contribution in [0.5, 0.6) is 0 Å². The Morgan fingerprint density at radius 2 is 1.50 bits per heavy atom. The van der Waals surface area contributed by atoms with Gasteiger partial charge in [-0.25, -0.2) is 9.98 Å². The van der Waals surface area contributed by atoms with Gasteiger partial charge in [0.15, 0.2) is 10.3 Å². The molecule has 0 saturated carbocycles. The minimum absolute atomic E-state index is 0.148. The molecule has 0 aliphatic carbocycles. The van der Waals surface area contributed by atoms with Crippen molar-refractivity contribution >= 4 is 47.5 Å². The molecule has 1 aromatic heterocycles. The van der Waals surface area contributed by atoms with Crippen molar-refractivity contribution in [3.63, 3.8) is 0 Å². The summed E-state index contributed by atoms with van der Waals surface area (Å²) in [5.74, 6) is 0.174. The molecule has 0 saturated heterocycles. The van der Waals surface area contributed by atoms with Crippen molar-refractivity contribution in [2.24, 2.45) is 9.98 Å². The summed E-state index contributed by atoms with van der Waals surface area (Å²) in [6.07, 6.45) is 2.87. The lowest BCUT2D eigenvalue weighted by Crippen LogP contribution is -2.01. The Morgan fingerprint density at radius 1 is 1.00 bits per heavy atom. The van der Waals surface area contributed by atoms with Gasteiger partial charge in [0, 0.05) is 14.1 Å². The molecule has 6 nitrogen and oxygen atoms in total. The predicted octanol–water partition coefficient (Wildman–Crippen LogP) is 1.54. The summed E-state index contributed by atoms with van der Waals surface area (Å²) in [5.41, 5.74) is 0.307. The van der Waals surface area contributed by atoms with E-state index in [-0.39, 0.29) is 16.3 Å². The monoisotopic (exact) mass is 260 g/mol. The Labute approximate surface area is 103 Å². The van der Waals surface area contributed by atoms with E-state index in [0.29, 0.717) is 5.69 Å². The van der Waals surface area contributed by atoms with E-state index in [9.17, 15) is 0 Å². The molecule has 8 heteroatoms. The van der Waals surface area contributed by atoms with Crippen LogP contribution in [0, 0.1) is 0 Å². The van der Waals surface area contributed by atoms with Crippen LogP contribution in [0.25, 0.3) is 0 Å². The van der Waals surface area contributed by atoms with Gasteiger partial charge in [-0.15, -0.1) is 0 Å². The molecule has 0 bridgehead atoms. The Kier molecular flexibility index (Phi) is 4.94. The topological polar surface area (TPSA) is 74.6 Å². The van der Waals surface area contributed by atoms with Crippen LogP contribution >= 0.6 is 23.2 Å². The molecule has 0 unspecified atom stereocenters. The van der Waals surface area contributed by atoms with Crippen LogP contribution in [0.3, 0.4) is 0 Å². The van der Waals surface area contributed by atoms with E-state index in [0.717, 1.165) is 0 Å². The van der Waals surface area contributed by atoms with Crippen LogP contribution < -0.4 is 10.6 Å². The second-order valence-electron chi connectivity index (χ2n) is 2.55. The molecule has 0 aliphatic heterocycles. The number of nitrogens with one attached hydrogen (secondary N) is 2. The van der Waals surface area contributed by atoms with E-state index in [1.165, 1.54) is 12.7 Å². The van der Waals surface area contributed by atoms with E-state index in [4.69, 9.17) is 23.2 Å². The smallest absolute Gasteiger partial charge is 0.253 e. The first-order valence-electron chi connectivity index (χ1n) is 4.31.